The molecule has 0 aliphatic heterocycles. The van der Waals surface area contributed by atoms with Gasteiger partial charge in [0.25, 0.3) is 0 Å². The maximum atomic E-state index is 8.82. The van der Waals surface area contributed by atoms with Gasteiger partial charge in [0.1, 0.15) is 0 Å². The molecule has 1 aromatic carbocycles. The number of aryl methyl sites for hydroxylation is 1. The minimum Gasteiger partial charge on any atom is -0.495 e. The van der Waals surface area contributed by atoms with Gasteiger partial charge in [-0.2, -0.15) is 0 Å². The van der Waals surface area contributed by atoms with Gasteiger partial charge in [-0.25, -0.2) is 0 Å². The van der Waals surface area contributed by atoms with Crippen molar-refractivity contribution >= 4 is 17.3 Å². The van der Waals surface area contributed by atoms with Crippen molar-refractivity contribution in [1.29, 1.82) is 0 Å². The van der Waals surface area contributed by atoms with Gasteiger partial charge in [0, 0.05) is 10.7 Å². The van der Waals surface area contributed by atoms with Crippen molar-refractivity contribution in [2.45, 2.75) is 6.92 Å². The summed E-state index contributed by atoms with van der Waals surface area (Å²) in [5.41, 5.74) is 1.74. The Balaban J connectivity index is 2.89. The normalized spacial score (nSPS) is 9.50. The Morgan fingerprint density at radius 2 is 2.25 bits per heavy atom. The zero-order valence-electron chi connectivity index (χ0n) is 6.76. The maximum absolute atomic E-state index is 8.82. The molecular formula is C9H10ClNO. The molecule has 0 saturated carbocycles. The summed E-state index contributed by atoms with van der Waals surface area (Å²) >= 11 is 5.85. The van der Waals surface area contributed by atoms with Gasteiger partial charge in [0.2, 0.25) is 0 Å². The summed E-state index contributed by atoms with van der Waals surface area (Å²) in [6, 6.07) is 5.43. The summed E-state index contributed by atoms with van der Waals surface area (Å²) < 4.78 is 0. The number of benzene rings is 1. The standard InChI is InChI=1S/C9H10ClNO/c1-6-3-4-8(5-9(6)10)11-7(2)12/h3-5,11-12H,2H2,1H3. The van der Waals surface area contributed by atoms with Crippen LogP contribution in [0, 0.1) is 6.92 Å². The molecule has 0 aromatic heterocycles. The second-order valence-corrected chi connectivity index (χ2v) is 2.94. The lowest BCUT2D eigenvalue weighted by Crippen LogP contribution is -1.95. The van der Waals surface area contributed by atoms with Crippen LogP contribution >= 0.6 is 11.6 Å². The smallest absolute Gasteiger partial charge is 0.181 e. The van der Waals surface area contributed by atoms with Gasteiger partial charge in [-0.1, -0.05) is 17.7 Å². The first-order chi connectivity index (χ1) is 5.59. The van der Waals surface area contributed by atoms with E-state index in [1.807, 2.05) is 19.1 Å². The van der Waals surface area contributed by atoms with Crippen molar-refractivity contribution in [2.24, 2.45) is 0 Å². The highest BCUT2D eigenvalue weighted by molar-refractivity contribution is 6.31. The summed E-state index contributed by atoms with van der Waals surface area (Å²) in [4.78, 5) is 0. The Kier molecular flexibility index (Phi) is 2.61. The molecule has 0 saturated heterocycles. The molecule has 12 heavy (non-hydrogen) atoms. The maximum Gasteiger partial charge on any atom is 0.181 e. The van der Waals surface area contributed by atoms with Crippen LogP contribution in [0.4, 0.5) is 5.69 Å². The first kappa shape index (κ1) is 8.94. The molecule has 0 heterocycles. The van der Waals surface area contributed by atoms with Gasteiger partial charge in [-0.05, 0) is 31.2 Å². The monoisotopic (exact) mass is 183 g/mol. The quantitative estimate of drug-likeness (QED) is 0.691. The van der Waals surface area contributed by atoms with E-state index in [-0.39, 0.29) is 5.88 Å². The van der Waals surface area contributed by atoms with E-state index in [0.717, 1.165) is 11.3 Å². The highest BCUT2D eigenvalue weighted by atomic mass is 35.5. The zero-order valence-corrected chi connectivity index (χ0v) is 7.52. The number of hydrogen-bond acceptors (Lipinski definition) is 2. The fourth-order valence-electron chi connectivity index (χ4n) is 0.837. The number of aliphatic hydroxyl groups excluding tert-OH is 1. The summed E-state index contributed by atoms with van der Waals surface area (Å²) in [5.74, 6) is -0.0880. The number of halogens is 1. The fraction of sp³-hybridized carbons (Fsp3) is 0.111. The van der Waals surface area contributed by atoms with E-state index in [4.69, 9.17) is 16.7 Å². The number of rotatable bonds is 2. The number of aliphatic hydroxyl groups is 1. The molecule has 0 radical (unpaired) electrons. The van der Waals surface area contributed by atoms with Crippen LogP contribution in [0.25, 0.3) is 0 Å². The van der Waals surface area contributed by atoms with E-state index in [2.05, 4.69) is 11.9 Å². The minimum atomic E-state index is -0.0880. The van der Waals surface area contributed by atoms with Crippen LogP contribution in [0.1, 0.15) is 5.56 Å². The van der Waals surface area contributed by atoms with Crippen LogP contribution in [0.5, 0.6) is 0 Å². The SMILES string of the molecule is C=C(O)Nc1ccc(C)c(Cl)c1. The molecule has 0 amide bonds. The lowest BCUT2D eigenvalue weighted by atomic mass is 10.2. The molecule has 0 unspecified atom stereocenters. The number of hydrogen-bond donors (Lipinski definition) is 2. The van der Waals surface area contributed by atoms with Gasteiger partial charge in [0.15, 0.2) is 5.88 Å². The molecule has 64 valence electrons. The second-order valence-electron chi connectivity index (χ2n) is 2.54. The van der Waals surface area contributed by atoms with Crippen LogP contribution in [0.2, 0.25) is 5.02 Å². The third kappa shape index (κ3) is 2.17. The van der Waals surface area contributed by atoms with Gasteiger partial charge >= 0.3 is 0 Å². The van der Waals surface area contributed by atoms with Crippen LogP contribution in [0.15, 0.2) is 30.7 Å². The lowest BCUT2D eigenvalue weighted by Gasteiger charge is -2.05. The van der Waals surface area contributed by atoms with Gasteiger partial charge < -0.3 is 10.4 Å². The fourth-order valence-corrected chi connectivity index (χ4v) is 1.02. The van der Waals surface area contributed by atoms with Crippen molar-refractivity contribution in [1.82, 2.24) is 0 Å². The first-order valence-electron chi connectivity index (χ1n) is 3.50. The molecular weight excluding hydrogens is 174 g/mol. The Bertz CT molecular complexity index is 309. The number of anilines is 1. The molecule has 0 aliphatic rings. The van der Waals surface area contributed by atoms with Crippen molar-refractivity contribution in [3.8, 4) is 0 Å². The van der Waals surface area contributed by atoms with E-state index in [1.165, 1.54) is 0 Å². The summed E-state index contributed by atoms with van der Waals surface area (Å²) in [6.07, 6.45) is 0. The zero-order chi connectivity index (χ0) is 9.14. The van der Waals surface area contributed by atoms with Crippen LogP contribution in [-0.2, 0) is 0 Å². The summed E-state index contributed by atoms with van der Waals surface area (Å²) in [5, 5.41) is 12.1. The van der Waals surface area contributed by atoms with Crippen LogP contribution in [0.3, 0.4) is 0 Å². The molecule has 1 rings (SSSR count). The first-order valence-corrected chi connectivity index (χ1v) is 3.88. The Labute approximate surface area is 76.5 Å². The van der Waals surface area contributed by atoms with E-state index < -0.39 is 0 Å². The predicted molar refractivity (Wildman–Crippen MR) is 51.6 cm³/mol. The van der Waals surface area contributed by atoms with E-state index in [0.29, 0.717) is 5.02 Å². The van der Waals surface area contributed by atoms with Crippen LogP contribution < -0.4 is 5.32 Å². The van der Waals surface area contributed by atoms with Crippen molar-refractivity contribution in [2.75, 3.05) is 5.32 Å². The van der Waals surface area contributed by atoms with Crippen molar-refractivity contribution < 1.29 is 5.11 Å². The molecule has 0 atom stereocenters. The average Bonchev–Trinajstić information content (AvgIpc) is 1.96. The average molecular weight is 184 g/mol. The predicted octanol–water partition coefficient (Wildman–Crippen LogP) is 3.09. The molecule has 0 bridgehead atoms. The second kappa shape index (κ2) is 3.50. The lowest BCUT2D eigenvalue weighted by molar-refractivity contribution is 0.422. The molecule has 2 N–H and O–H groups in total. The van der Waals surface area contributed by atoms with E-state index in [9.17, 15) is 0 Å². The number of nitrogens with one attached hydrogen (secondary N) is 1. The van der Waals surface area contributed by atoms with E-state index in [1.54, 1.807) is 6.07 Å². The van der Waals surface area contributed by atoms with Gasteiger partial charge in [0.05, 0.1) is 0 Å². The molecule has 0 spiro atoms. The van der Waals surface area contributed by atoms with Gasteiger partial charge in [-0.3, -0.25) is 0 Å². The Morgan fingerprint density at radius 3 is 2.75 bits per heavy atom. The topological polar surface area (TPSA) is 32.3 Å². The third-order valence-corrected chi connectivity index (χ3v) is 1.87. The molecule has 1 aromatic rings. The summed E-state index contributed by atoms with van der Waals surface area (Å²) in [7, 11) is 0. The van der Waals surface area contributed by atoms with Crippen LogP contribution in [-0.4, -0.2) is 5.11 Å². The van der Waals surface area contributed by atoms with Crippen molar-refractivity contribution in [3.05, 3.63) is 41.2 Å². The largest absolute Gasteiger partial charge is 0.495 e. The van der Waals surface area contributed by atoms with Gasteiger partial charge in [-0.15, -0.1) is 0 Å². The highest BCUT2D eigenvalue weighted by Crippen LogP contribution is 2.20. The summed E-state index contributed by atoms with van der Waals surface area (Å²) in [6.45, 7) is 5.22. The molecule has 0 aliphatic carbocycles. The molecule has 3 heteroatoms. The van der Waals surface area contributed by atoms with Crippen molar-refractivity contribution in [3.63, 3.8) is 0 Å². The van der Waals surface area contributed by atoms with E-state index >= 15 is 0 Å². The Morgan fingerprint density at radius 1 is 1.58 bits per heavy atom. The third-order valence-electron chi connectivity index (χ3n) is 1.46. The Hall–Kier alpha value is -1.15. The highest BCUT2D eigenvalue weighted by Gasteiger charge is 1.97. The molecule has 0 fully saturated rings. The molecule has 2 nitrogen and oxygen atoms in total. The minimum absolute atomic E-state index is 0.0880.